The van der Waals surface area contributed by atoms with Crippen LogP contribution in [0.1, 0.15) is 64.4 Å². The van der Waals surface area contributed by atoms with E-state index >= 15 is 0 Å². The molecule has 0 spiro atoms. The second-order valence-corrected chi connectivity index (χ2v) is 8.94. The molecule has 1 aliphatic rings. The first-order chi connectivity index (χ1) is 16.7. The summed E-state index contributed by atoms with van der Waals surface area (Å²) in [5.74, 6) is -1.56. The summed E-state index contributed by atoms with van der Waals surface area (Å²) < 4.78 is 5.21. The van der Waals surface area contributed by atoms with Crippen LogP contribution in [0.2, 0.25) is 0 Å². The molecule has 1 fully saturated rings. The average Bonchev–Trinajstić information content (AvgIpc) is 3.14. The third-order valence-electron chi connectivity index (χ3n) is 6.42. The fraction of sp³-hybridized carbons (Fsp3) is 0.462. The number of hydrogen-bond donors (Lipinski definition) is 4. The van der Waals surface area contributed by atoms with Gasteiger partial charge in [0.2, 0.25) is 5.91 Å². The maximum atomic E-state index is 13.6. The summed E-state index contributed by atoms with van der Waals surface area (Å²) in [7, 11) is 0. The summed E-state index contributed by atoms with van der Waals surface area (Å²) in [6.07, 6.45) is 0.970. The number of benzene rings is 1. The number of aryl methyl sites for hydroxylation is 1. The first-order valence-electron chi connectivity index (χ1n) is 11.9. The van der Waals surface area contributed by atoms with Crippen LogP contribution in [0.3, 0.4) is 0 Å². The van der Waals surface area contributed by atoms with Crippen molar-refractivity contribution in [1.29, 1.82) is 0 Å². The number of piperidine rings is 1. The molecule has 2 heterocycles. The van der Waals surface area contributed by atoms with Crippen LogP contribution in [0.4, 0.5) is 0 Å². The molecule has 0 aliphatic carbocycles. The normalized spacial score (nSPS) is 15.7. The number of carbonyl (C=O) groups excluding carboxylic acids is 4. The van der Waals surface area contributed by atoms with Gasteiger partial charge in [-0.3, -0.25) is 14.4 Å². The lowest BCUT2D eigenvalue weighted by molar-refractivity contribution is -0.148. The molecule has 0 bridgehead atoms. The number of ketones is 1. The van der Waals surface area contributed by atoms with Crippen LogP contribution >= 0.6 is 0 Å². The molecule has 1 aromatic heterocycles. The Bertz CT molecular complexity index is 1090. The van der Waals surface area contributed by atoms with Crippen molar-refractivity contribution in [1.82, 2.24) is 20.9 Å². The van der Waals surface area contributed by atoms with Gasteiger partial charge in [-0.25, -0.2) is 4.79 Å². The van der Waals surface area contributed by atoms with Gasteiger partial charge in [0.1, 0.15) is 17.3 Å². The highest BCUT2D eigenvalue weighted by atomic mass is 16.5. The number of aromatic nitrogens is 1. The van der Waals surface area contributed by atoms with Crippen molar-refractivity contribution in [3.8, 4) is 0 Å². The lowest BCUT2D eigenvalue weighted by atomic mass is 9.86. The molecule has 188 valence electrons. The van der Waals surface area contributed by atoms with Crippen molar-refractivity contribution in [3.63, 3.8) is 0 Å². The van der Waals surface area contributed by atoms with E-state index in [0.717, 1.165) is 5.56 Å². The van der Waals surface area contributed by atoms with Gasteiger partial charge in [-0.15, -0.1) is 0 Å². The van der Waals surface area contributed by atoms with Gasteiger partial charge in [0.15, 0.2) is 5.78 Å². The number of nitrogens with one attached hydrogen (secondary N) is 4. The van der Waals surface area contributed by atoms with Crippen molar-refractivity contribution >= 4 is 23.6 Å². The SMILES string of the molecule is CCOC(=O)C(Cc1ccccc1)NC(=O)C1(NC(=O)c2[nH]c(C)c(C(C)=O)c2C)CCNCC1. The van der Waals surface area contributed by atoms with E-state index in [-0.39, 0.29) is 24.5 Å². The molecule has 9 heteroatoms. The molecule has 4 N–H and O–H groups in total. The van der Waals surface area contributed by atoms with E-state index < -0.39 is 29.4 Å². The fourth-order valence-electron chi connectivity index (χ4n) is 4.63. The third-order valence-corrected chi connectivity index (χ3v) is 6.42. The zero-order chi connectivity index (χ0) is 25.6. The Hall–Kier alpha value is -3.46. The molecule has 35 heavy (non-hydrogen) atoms. The topological polar surface area (TPSA) is 129 Å². The quantitative estimate of drug-likeness (QED) is 0.320. The van der Waals surface area contributed by atoms with Crippen molar-refractivity contribution in [3.05, 3.63) is 58.4 Å². The Balaban J connectivity index is 1.86. The van der Waals surface area contributed by atoms with Gasteiger partial charge in [0, 0.05) is 17.7 Å². The molecular weight excluding hydrogens is 448 g/mol. The zero-order valence-corrected chi connectivity index (χ0v) is 20.7. The van der Waals surface area contributed by atoms with E-state index in [1.807, 2.05) is 30.3 Å². The lowest BCUT2D eigenvalue weighted by Crippen LogP contribution is -2.65. The molecule has 1 atom stereocenters. The van der Waals surface area contributed by atoms with E-state index in [4.69, 9.17) is 4.74 Å². The number of carbonyl (C=O) groups is 4. The van der Waals surface area contributed by atoms with Crippen LogP contribution in [0, 0.1) is 13.8 Å². The maximum absolute atomic E-state index is 13.6. The molecule has 1 aromatic carbocycles. The Morgan fingerprint density at radius 3 is 2.31 bits per heavy atom. The Labute approximate surface area is 205 Å². The van der Waals surface area contributed by atoms with E-state index in [9.17, 15) is 19.2 Å². The van der Waals surface area contributed by atoms with Gasteiger partial charge in [0.05, 0.1) is 6.61 Å². The average molecular weight is 483 g/mol. The molecule has 1 aliphatic heterocycles. The standard InChI is InChI=1S/C26H34N4O5/c1-5-35-24(33)20(15-19-9-7-6-8-10-19)29-25(34)26(11-13-27-14-12-26)30-23(32)22-16(2)21(18(4)31)17(3)28-22/h6-10,20,27-28H,5,11-15H2,1-4H3,(H,29,34)(H,30,32). The molecule has 1 unspecified atom stereocenters. The van der Waals surface area contributed by atoms with Gasteiger partial charge in [-0.05, 0) is 64.8 Å². The summed E-state index contributed by atoms with van der Waals surface area (Å²) in [5, 5.41) is 8.98. The molecule has 9 nitrogen and oxygen atoms in total. The molecule has 0 radical (unpaired) electrons. The minimum absolute atomic E-state index is 0.136. The highest BCUT2D eigenvalue weighted by molar-refractivity contribution is 6.04. The van der Waals surface area contributed by atoms with Crippen molar-refractivity contribution < 1.29 is 23.9 Å². The van der Waals surface area contributed by atoms with Crippen molar-refractivity contribution in [2.45, 2.75) is 58.5 Å². The monoisotopic (exact) mass is 482 g/mol. The summed E-state index contributed by atoms with van der Waals surface area (Å²) in [6, 6.07) is 8.47. The van der Waals surface area contributed by atoms with E-state index in [1.165, 1.54) is 6.92 Å². The van der Waals surface area contributed by atoms with Crippen LogP contribution < -0.4 is 16.0 Å². The predicted octanol–water partition coefficient (Wildman–Crippen LogP) is 1.98. The molecule has 3 rings (SSSR count). The Morgan fingerprint density at radius 2 is 1.74 bits per heavy atom. The van der Waals surface area contributed by atoms with E-state index in [1.54, 1.807) is 20.8 Å². The van der Waals surface area contributed by atoms with Gasteiger partial charge >= 0.3 is 5.97 Å². The molecule has 0 saturated carbocycles. The van der Waals surface area contributed by atoms with Crippen molar-refractivity contribution in [2.75, 3.05) is 19.7 Å². The zero-order valence-electron chi connectivity index (χ0n) is 20.7. The van der Waals surface area contributed by atoms with E-state index in [0.29, 0.717) is 42.8 Å². The lowest BCUT2D eigenvalue weighted by Gasteiger charge is -2.37. The number of H-pyrrole nitrogens is 1. The molecule has 2 amide bonds. The number of aromatic amines is 1. The Morgan fingerprint density at radius 1 is 1.09 bits per heavy atom. The summed E-state index contributed by atoms with van der Waals surface area (Å²) in [4.78, 5) is 54.6. The number of Topliss-reactive ketones (excluding diaryl/α,β-unsaturated/α-hetero) is 1. The first kappa shape index (κ1) is 26.2. The molecule has 1 saturated heterocycles. The highest BCUT2D eigenvalue weighted by Gasteiger charge is 2.43. The fourth-order valence-corrected chi connectivity index (χ4v) is 4.63. The largest absolute Gasteiger partial charge is 0.464 e. The van der Waals surface area contributed by atoms with Gasteiger partial charge in [-0.2, -0.15) is 0 Å². The smallest absolute Gasteiger partial charge is 0.328 e. The van der Waals surface area contributed by atoms with Crippen LogP contribution in [-0.2, 0) is 20.7 Å². The highest BCUT2D eigenvalue weighted by Crippen LogP contribution is 2.23. The minimum atomic E-state index is -1.22. The van der Waals surface area contributed by atoms with Crippen LogP contribution in [0.25, 0.3) is 0 Å². The number of ether oxygens (including phenoxy) is 1. The predicted molar refractivity (Wildman–Crippen MR) is 131 cm³/mol. The van der Waals surface area contributed by atoms with Gasteiger partial charge in [-0.1, -0.05) is 30.3 Å². The van der Waals surface area contributed by atoms with Crippen LogP contribution in [0.5, 0.6) is 0 Å². The number of amides is 2. The number of hydrogen-bond acceptors (Lipinski definition) is 6. The molecular formula is C26H34N4O5. The summed E-state index contributed by atoms with van der Waals surface area (Å²) >= 11 is 0. The number of esters is 1. The second-order valence-electron chi connectivity index (χ2n) is 8.94. The minimum Gasteiger partial charge on any atom is -0.464 e. The number of rotatable bonds is 9. The first-order valence-corrected chi connectivity index (χ1v) is 11.9. The summed E-state index contributed by atoms with van der Waals surface area (Å²) in [5.41, 5.74) is 1.54. The molecule has 2 aromatic rings. The van der Waals surface area contributed by atoms with Crippen LogP contribution in [-0.4, -0.2) is 59.8 Å². The maximum Gasteiger partial charge on any atom is 0.328 e. The second kappa shape index (κ2) is 11.3. The van der Waals surface area contributed by atoms with Gasteiger partial charge < -0.3 is 25.7 Å². The van der Waals surface area contributed by atoms with Crippen molar-refractivity contribution in [2.24, 2.45) is 0 Å². The van der Waals surface area contributed by atoms with Crippen LogP contribution in [0.15, 0.2) is 30.3 Å². The Kier molecular flexibility index (Phi) is 8.45. The van der Waals surface area contributed by atoms with E-state index in [2.05, 4.69) is 20.9 Å². The third kappa shape index (κ3) is 5.97. The summed E-state index contributed by atoms with van der Waals surface area (Å²) in [6.45, 7) is 7.85. The van der Waals surface area contributed by atoms with Gasteiger partial charge in [0.25, 0.3) is 5.91 Å².